The molecular weight excluding hydrogens is 280 g/mol. The summed E-state index contributed by atoms with van der Waals surface area (Å²) in [5.74, 6) is -1.79. The van der Waals surface area contributed by atoms with Gasteiger partial charge in [0.2, 0.25) is 0 Å². The van der Waals surface area contributed by atoms with E-state index in [4.69, 9.17) is 5.11 Å². The van der Waals surface area contributed by atoms with Crippen molar-refractivity contribution in [3.63, 3.8) is 0 Å². The number of carboxylic acid groups (broad SMARTS) is 1. The number of nitrogens with one attached hydrogen (secondary N) is 1. The molecule has 1 amide bonds. The molecule has 3 N–H and O–H groups in total. The van der Waals surface area contributed by atoms with Crippen molar-refractivity contribution in [2.75, 3.05) is 6.54 Å². The number of thiophene rings is 1. The Kier molecular flexibility index (Phi) is 3.91. The highest BCUT2D eigenvalue weighted by molar-refractivity contribution is 7.12. The van der Waals surface area contributed by atoms with Gasteiger partial charge in [-0.05, 0) is 30.5 Å². The molecule has 2 aromatic rings. The lowest BCUT2D eigenvalue weighted by molar-refractivity contribution is -0.155. The van der Waals surface area contributed by atoms with Crippen LogP contribution in [0.25, 0.3) is 5.69 Å². The third-order valence-electron chi connectivity index (χ3n) is 2.79. The lowest BCUT2D eigenvalue weighted by atomic mass is 10.1. The third kappa shape index (κ3) is 2.89. The van der Waals surface area contributed by atoms with Crippen molar-refractivity contribution >= 4 is 23.2 Å². The van der Waals surface area contributed by atoms with Gasteiger partial charge in [0.15, 0.2) is 5.60 Å². The summed E-state index contributed by atoms with van der Waals surface area (Å²) < 4.78 is 1.79. The summed E-state index contributed by atoms with van der Waals surface area (Å²) in [6, 6.07) is 5.48. The number of carbonyl (C=O) groups is 2. The predicted molar refractivity (Wildman–Crippen MR) is 74.2 cm³/mol. The van der Waals surface area contributed by atoms with Gasteiger partial charge in [0.05, 0.1) is 12.2 Å². The van der Waals surface area contributed by atoms with Gasteiger partial charge in [-0.2, -0.15) is 0 Å². The molecule has 2 aromatic heterocycles. The normalized spacial score (nSPS) is 13.7. The molecule has 0 bridgehead atoms. The van der Waals surface area contributed by atoms with E-state index in [1.807, 2.05) is 24.5 Å². The second-order valence-electron chi connectivity index (χ2n) is 4.49. The van der Waals surface area contributed by atoms with Gasteiger partial charge in [0.1, 0.15) is 4.88 Å². The average molecular weight is 294 g/mol. The van der Waals surface area contributed by atoms with Gasteiger partial charge >= 0.3 is 5.97 Å². The second-order valence-corrected chi connectivity index (χ2v) is 5.40. The van der Waals surface area contributed by atoms with Gasteiger partial charge in [0.25, 0.3) is 5.91 Å². The number of hydrogen-bond donors (Lipinski definition) is 3. The monoisotopic (exact) mass is 294 g/mol. The number of aromatic nitrogens is 1. The first-order valence-electron chi connectivity index (χ1n) is 5.86. The van der Waals surface area contributed by atoms with E-state index >= 15 is 0 Å². The Morgan fingerprint density at radius 2 is 2.05 bits per heavy atom. The molecule has 0 aliphatic carbocycles. The van der Waals surface area contributed by atoms with Crippen LogP contribution in [0.5, 0.6) is 0 Å². The van der Waals surface area contributed by atoms with E-state index in [9.17, 15) is 14.7 Å². The number of carboxylic acids is 1. The summed E-state index contributed by atoms with van der Waals surface area (Å²) in [6.07, 6.45) is 3.62. The zero-order chi connectivity index (χ0) is 14.8. The third-order valence-corrected chi connectivity index (χ3v) is 3.69. The smallest absolute Gasteiger partial charge is 0.337 e. The molecule has 0 aromatic carbocycles. The minimum absolute atomic E-state index is 0.357. The molecule has 6 nitrogen and oxygen atoms in total. The van der Waals surface area contributed by atoms with Crippen molar-refractivity contribution in [3.05, 3.63) is 40.8 Å². The fraction of sp³-hybridized carbons (Fsp3) is 0.231. The first kappa shape index (κ1) is 14.3. The Labute approximate surface area is 119 Å². The van der Waals surface area contributed by atoms with E-state index < -0.39 is 17.5 Å². The Bertz CT molecular complexity index is 616. The number of carbonyl (C=O) groups excluding carboxylic acids is 1. The Hall–Kier alpha value is -2.12. The standard InChI is InChI=1S/C13H14N2O4S/c1-13(19,12(17)18)8-14-11(16)10-9(4-7-20-10)15-5-2-3-6-15/h2-7,19H,8H2,1H3,(H,14,16)(H,17,18). The van der Waals surface area contributed by atoms with Crippen molar-refractivity contribution in [1.29, 1.82) is 0 Å². The zero-order valence-electron chi connectivity index (χ0n) is 10.7. The van der Waals surface area contributed by atoms with Gasteiger partial charge in [0, 0.05) is 12.4 Å². The summed E-state index contributed by atoms with van der Waals surface area (Å²) in [5, 5.41) is 22.6. The molecule has 7 heteroatoms. The molecule has 0 saturated heterocycles. The molecule has 0 radical (unpaired) electrons. The topological polar surface area (TPSA) is 91.6 Å². The first-order valence-corrected chi connectivity index (χ1v) is 6.74. The number of rotatable bonds is 5. The summed E-state index contributed by atoms with van der Waals surface area (Å²) >= 11 is 1.25. The molecular formula is C13H14N2O4S. The minimum Gasteiger partial charge on any atom is -0.479 e. The Morgan fingerprint density at radius 3 is 2.65 bits per heavy atom. The molecule has 1 atom stereocenters. The Morgan fingerprint density at radius 1 is 1.40 bits per heavy atom. The number of hydrogen-bond acceptors (Lipinski definition) is 4. The maximum atomic E-state index is 12.1. The summed E-state index contributed by atoms with van der Waals surface area (Å²) in [7, 11) is 0. The maximum Gasteiger partial charge on any atom is 0.337 e. The Balaban J connectivity index is 2.12. The molecule has 20 heavy (non-hydrogen) atoms. The molecule has 0 fully saturated rings. The molecule has 1 unspecified atom stereocenters. The van der Waals surface area contributed by atoms with Crippen molar-refractivity contribution in [3.8, 4) is 5.69 Å². The van der Waals surface area contributed by atoms with Crippen LogP contribution in [-0.2, 0) is 4.79 Å². The summed E-state index contributed by atoms with van der Waals surface area (Å²) in [5.41, 5.74) is -1.27. The van der Waals surface area contributed by atoms with E-state index in [0.29, 0.717) is 10.6 Å². The SMILES string of the molecule is CC(O)(CNC(=O)c1sccc1-n1cccc1)C(=O)O. The molecule has 2 rings (SSSR count). The van der Waals surface area contributed by atoms with E-state index in [2.05, 4.69) is 5.32 Å². The molecule has 0 saturated carbocycles. The zero-order valence-corrected chi connectivity index (χ0v) is 11.6. The number of nitrogens with zero attached hydrogens (tertiary/aromatic N) is 1. The molecule has 0 aliphatic heterocycles. The quantitative estimate of drug-likeness (QED) is 0.770. The molecule has 2 heterocycles. The van der Waals surface area contributed by atoms with Gasteiger partial charge in [-0.3, -0.25) is 4.79 Å². The van der Waals surface area contributed by atoms with Crippen LogP contribution in [-0.4, -0.2) is 38.8 Å². The number of aliphatic hydroxyl groups is 1. The molecule has 0 spiro atoms. The van der Waals surface area contributed by atoms with Gasteiger partial charge in [-0.25, -0.2) is 4.79 Å². The van der Waals surface area contributed by atoms with Crippen molar-refractivity contribution < 1.29 is 19.8 Å². The lowest BCUT2D eigenvalue weighted by Crippen LogP contribution is -2.46. The fourth-order valence-electron chi connectivity index (χ4n) is 1.58. The molecule has 106 valence electrons. The van der Waals surface area contributed by atoms with Crippen LogP contribution in [0.15, 0.2) is 36.0 Å². The highest BCUT2D eigenvalue weighted by Crippen LogP contribution is 2.21. The first-order chi connectivity index (χ1) is 9.42. The van der Waals surface area contributed by atoms with Gasteiger partial charge < -0.3 is 20.1 Å². The van der Waals surface area contributed by atoms with Crippen LogP contribution in [0.2, 0.25) is 0 Å². The van der Waals surface area contributed by atoms with Gasteiger partial charge in [-0.15, -0.1) is 11.3 Å². The highest BCUT2D eigenvalue weighted by atomic mass is 32.1. The van der Waals surface area contributed by atoms with E-state index in [-0.39, 0.29) is 6.54 Å². The van der Waals surface area contributed by atoms with Crippen LogP contribution >= 0.6 is 11.3 Å². The van der Waals surface area contributed by atoms with Crippen LogP contribution in [0.1, 0.15) is 16.6 Å². The summed E-state index contributed by atoms with van der Waals surface area (Å²) in [6.45, 7) is 0.779. The van der Waals surface area contributed by atoms with E-state index in [1.165, 1.54) is 11.3 Å². The fourth-order valence-corrected chi connectivity index (χ4v) is 2.39. The van der Waals surface area contributed by atoms with Crippen LogP contribution < -0.4 is 5.32 Å². The second kappa shape index (κ2) is 5.48. The average Bonchev–Trinajstić information content (AvgIpc) is 3.05. The lowest BCUT2D eigenvalue weighted by Gasteiger charge is -2.18. The highest BCUT2D eigenvalue weighted by Gasteiger charge is 2.30. The van der Waals surface area contributed by atoms with E-state index in [1.54, 1.807) is 16.0 Å². The van der Waals surface area contributed by atoms with Crippen LogP contribution in [0.4, 0.5) is 0 Å². The summed E-state index contributed by atoms with van der Waals surface area (Å²) in [4.78, 5) is 23.3. The largest absolute Gasteiger partial charge is 0.479 e. The molecule has 0 aliphatic rings. The number of aliphatic carboxylic acids is 1. The van der Waals surface area contributed by atoms with Crippen molar-refractivity contribution in [2.24, 2.45) is 0 Å². The van der Waals surface area contributed by atoms with Gasteiger partial charge in [-0.1, -0.05) is 0 Å². The van der Waals surface area contributed by atoms with Crippen molar-refractivity contribution in [1.82, 2.24) is 9.88 Å². The van der Waals surface area contributed by atoms with Crippen molar-refractivity contribution in [2.45, 2.75) is 12.5 Å². The predicted octanol–water partition coefficient (Wildman–Crippen LogP) is 1.10. The maximum absolute atomic E-state index is 12.1. The minimum atomic E-state index is -1.99. The van der Waals surface area contributed by atoms with E-state index in [0.717, 1.165) is 6.92 Å². The van der Waals surface area contributed by atoms with Crippen LogP contribution in [0.3, 0.4) is 0 Å². The number of amides is 1. The van der Waals surface area contributed by atoms with Crippen LogP contribution in [0, 0.1) is 0 Å².